The SMILES string of the molecule is O=[C]C(Cl)CCCCCCCCCCCCOC1CC[CH]CC1. The minimum absolute atomic E-state index is 0.393. The van der Waals surface area contributed by atoms with Gasteiger partial charge >= 0.3 is 0 Å². The molecule has 0 saturated heterocycles. The molecule has 0 aliphatic heterocycles. The number of rotatable bonds is 15. The van der Waals surface area contributed by atoms with E-state index < -0.39 is 5.38 Å². The molecule has 1 fully saturated rings. The van der Waals surface area contributed by atoms with Gasteiger partial charge in [-0.05, 0) is 44.9 Å². The first kappa shape index (κ1) is 21.0. The molecule has 1 saturated carbocycles. The van der Waals surface area contributed by atoms with E-state index in [-0.39, 0.29) is 0 Å². The smallest absolute Gasteiger partial charge is 0.217 e. The van der Waals surface area contributed by atoms with Crippen LogP contribution < -0.4 is 0 Å². The maximum absolute atomic E-state index is 10.3. The third-order valence-corrected chi connectivity index (χ3v) is 5.03. The minimum Gasteiger partial charge on any atom is -0.378 e. The topological polar surface area (TPSA) is 26.3 Å². The second-order valence-electron chi connectivity index (χ2n) is 6.85. The Balaban J connectivity index is 1.70. The second-order valence-corrected chi connectivity index (χ2v) is 7.37. The Kier molecular flexibility index (Phi) is 14.1. The summed E-state index contributed by atoms with van der Waals surface area (Å²) in [7, 11) is 0. The summed E-state index contributed by atoms with van der Waals surface area (Å²) in [5.41, 5.74) is 0. The molecule has 2 nitrogen and oxygen atoms in total. The van der Waals surface area contributed by atoms with Crippen LogP contribution in [-0.2, 0) is 9.53 Å². The third-order valence-electron chi connectivity index (χ3n) is 4.72. The molecule has 0 heterocycles. The fourth-order valence-corrected chi connectivity index (χ4v) is 3.37. The van der Waals surface area contributed by atoms with Gasteiger partial charge in [0.05, 0.1) is 11.5 Å². The van der Waals surface area contributed by atoms with Crippen molar-refractivity contribution in [3.63, 3.8) is 0 Å². The van der Waals surface area contributed by atoms with Gasteiger partial charge in [-0.2, -0.15) is 0 Å². The average molecular weight is 343 g/mol. The lowest BCUT2D eigenvalue weighted by Crippen LogP contribution is -2.17. The van der Waals surface area contributed by atoms with Crippen molar-refractivity contribution < 1.29 is 9.53 Å². The first-order valence-electron chi connectivity index (χ1n) is 9.78. The van der Waals surface area contributed by atoms with E-state index in [0.717, 1.165) is 19.4 Å². The zero-order valence-corrected chi connectivity index (χ0v) is 15.5. The highest BCUT2D eigenvalue weighted by Gasteiger charge is 2.12. The predicted octanol–water partition coefficient (Wildman–Crippen LogP) is 6.16. The Hall–Kier alpha value is -0.0800. The number of unbranched alkanes of at least 4 members (excludes halogenated alkanes) is 9. The lowest BCUT2D eigenvalue weighted by molar-refractivity contribution is 0.0326. The molecule has 1 atom stereocenters. The Morgan fingerprint density at radius 1 is 0.913 bits per heavy atom. The van der Waals surface area contributed by atoms with Gasteiger partial charge in [-0.3, -0.25) is 4.79 Å². The van der Waals surface area contributed by atoms with Crippen LogP contribution in [0.1, 0.15) is 96.3 Å². The van der Waals surface area contributed by atoms with Crippen molar-refractivity contribution in [2.45, 2.75) is 108 Å². The normalized spacial score (nSPS) is 17.3. The summed E-state index contributed by atoms with van der Waals surface area (Å²) in [6.45, 7) is 0.963. The minimum atomic E-state index is -0.393. The van der Waals surface area contributed by atoms with Crippen LogP contribution in [0.5, 0.6) is 0 Å². The molecule has 134 valence electrons. The molecular weight excluding hydrogens is 308 g/mol. The van der Waals surface area contributed by atoms with Crippen LogP contribution >= 0.6 is 11.6 Å². The Labute approximate surface area is 148 Å². The molecular formula is C20H35ClO2. The molecule has 1 aliphatic carbocycles. The summed E-state index contributed by atoms with van der Waals surface area (Å²) >= 11 is 5.71. The van der Waals surface area contributed by atoms with Crippen molar-refractivity contribution in [1.29, 1.82) is 0 Å². The fourth-order valence-electron chi connectivity index (χ4n) is 3.21. The van der Waals surface area contributed by atoms with Gasteiger partial charge in [-0.25, -0.2) is 0 Å². The zero-order valence-electron chi connectivity index (χ0n) is 14.7. The van der Waals surface area contributed by atoms with Crippen molar-refractivity contribution in [2.24, 2.45) is 0 Å². The van der Waals surface area contributed by atoms with Crippen LogP contribution in [0.2, 0.25) is 0 Å². The summed E-state index contributed by atoms with van der Waals surface area (Å²) in [5.74, 6) is 0. The molecule has 0 bridgehead atoms. The standard InChI is InChI=1S/C20H35ClO2/c21-19(18-22)14-10-7-5-3-1-2-4-6-8-13-17-23-20-15-11-9-12-16-20/h9,19-20H,1-8,10-17H2. The molecule has 1 unspecified atom stereocenters. The van der Waals surface area contributed by atoms with Crippen molar-refractivity contribution in [1.82, 2.24) is 0 Å². The van der Waals surface area contributed by atoms with E-state index in [0.29, 0.717) is 6.10 Å². The Bertz CT molecular complexity index is 264. The van der Waals surface area contributed by atoms with E-state index in [1.54, 1.807) is 0 Å². The maximum atomic E-state index is 10.3. The van der Waals surface area contributed by atoms with Crippen molar-refractivity contribution in [3.05, 3.63) is 6.42 Å². The summed E-state index contributed by atoms with van der Waals surface area (Å²) < 4.78 is 5.94. The zero-order chi connectivity index (χ0) is 16.6. The number of ether oxygens (including phenoxy) is 1. The van der Waals surface area contributed by atoms with Gasteiger partial charge in [0.15, 0.2) is 0 Å². The molecule has 0 amide bonds. The highest BCUT2D eigenvalue weighted by atomic mass is 35.5. The van der Waals surface area contributed by atoms with Crippen LogP contribution in [-0.4, -0.2) is 24.4 Å². The highest BCUT2D eigenvalue weighted by molar-refractivity contribution is 6.27. The van der Waals surface area contributed by atoms with E-state index in [4.69, 9.17) is 16.3 Å². The van der Waals surface area contributed by atoms with Crippen molar-refractivity contribution in [3.8, 4) is 0 Å². The quantitative estimate of drug-likeness (QED) is 0.263. The number of halogens is 1. The van der Waals surface area contributed by atoms with Gasteiger partial charge < -0.3 is 4.74 Å². The van der Waals surface area contributed by atoms with Gasteiger partial charge in [0.1, 0.15) is 0 Å². The van der Waals surface area contributed by atoms with Gasteiger partial charge in [-0.1, -0.05) is 57.8 Å². The average Bonchev–Trinajstić information content (AvgIpc) is 2.59. The molecule has 3 heteroatoms. The molecule has 1 aliphatic rings. The van der Waals surface area contributed by atoms with E-state index in [1.165, 1.54) is 83.5 Å². The molecule has 0 N–H and O–H groups in total. The monoisotopic (exact) mass is 342 g/mol. The van der Waals surface area contributed by atoms with Crippen LogP contribution in [0.25, 0.3) is 0 Å². The van der Waals surface area contributed by atoms with Gasteiger partial charge in [-0.15, -0.1) is 11.6 Å². The first-order chi connectivity index (χ1) is 11.3. The van der Waals surface area contributed by atoms with E-state index in [1.807, 2.05) is 6.29 Å². The summed E-state index contributed by atoms with van der Waals surface area (Å²) in [5, 5.41) is -0.393. The van der Waals surface area contributed by atoms with Crippen molar-refractivity contribution >= 4 is 17.9 Å². The Morgan fingerprint density at radius 2 is 1.43 bits per heavy atom. The number of hydrogen-bond donors (Lipinski definition) is 0. The fraction of sp³-hybridized carbons (Fsp3) is 0.900. The molecule has 0 aromatic carbocycles. The molecule has 0 aromatic rings. The summed E-state index contributed by atoms with van der Waals surface area (Å²) in [6.07, 6.45) is 23.3. The Morgan fingerprint density at radius 3 is 2.00 bits per heavy atom. The summed E-state index contributed by atoms with van der Waals surface area (Å²) in [6, 6.07) is 0. The van der Waals surface area contributed by atoms with Gasteiger partial charge in [0, 0.05) is 6.61 Å². The molecule has 0 spiro atoms. The van der Waals surface area contributed by atoms with E-state index in [2.05, 4.69) is 6.42 Å². The largest absolute Gasteiger partial charge is 0.378 e. The number of hydrogen-bond acceptors (Lipinski definition) is 2. The number of alkyl halides is 1. The third kappa shape index (κ3) is 12.9. The van der Waals surface area contributed by atoms with Crippen molar-refractivity contribution in [2.75, 3.05) is 6.61 Å². The van der Waals surface area contributed by atoms with Crippen LogP contribution in [0.4, 0.5) is 0 Å². The lowest BCUT2D eigenvalue weighted by atomic mass is 9.98. The van der Waals surface area contributed by atoms with Gasteiger partial charge in [0.2, 0.25) is 6.29 Å². The molecule has 2 radical (unpaired) electrons. The molecule has 0 aromatic heterocycles. The van der Waals surface area contributed by atoms with Gasteiger partial charge in [0.25, 0.3) is 0 Å². The van der Waals surface area contributed by atoms with E-state index in [9.17, 15) is 4.79 Å². The molecule has 23 heavy (non-hydrogen) atoms. The predicted molar refractivity (Wildman–Crippen MR) is 98.6 cm³/mol. The maximum Gasteiger partial charge on any atom is 0.217 e. The van der Waals surface area contributed by atoms with Crippen LogP contribution in [0.15, 0.2) is 0 Å². The van der Waals surface area contributed by atoms with E-state index >= 15 is 0 Å². The molecule has 1 rings (SSSR count). The van der Waals surface area contributed by atoms with Crippen LogP contribution in [0.3, 0.4) is 0 Å². The second kappa shape index (κ2) is 15.4. The highest BCUT2D eigenvalue weighted by Crippen LogP contribution is 2.20. The van der Waals surface area contributed by atoms with Crippen LogP contribution in [0, 0.1) is 6.42 Å². The lowest BCUT2D eigenvalue weighted by Gasteiger charge is -2.21. The number of carbonyl (C=O) groups excluding carboxylic acids is 1. The summed E-state index contributed by atoms with van der Waals surface area (Å²) in [4.78, 5) is 10.3. The first-order valence-corrected chi connectivity index (χ1v) is 10.2.